The fraction of sp³-hybridized carbons (Fsp3) is 0. The predicted octanol–water partition coefficient (Wildman–Crippen LogP) is -2.98. The molecule has 0 saturated heterocycles. The van der Waals surface area contributed by atoms with E-state index in [1.54, 1.807) is 0 Å². The van der Waals surface area contributed by atoms with Crippen LogP contribution in [0.3, 0.4) is 0 Å². The van der Waals surface area contributed by atoms with Gasteiger partial charge in [0.05, 0.1) is 0 Å². The molecule has 0 aliphatic carbocycles. The summed E-state index contributed by atoms with van der Waals surface area (Å²) in [5.74, 6) is 0. The number of hydrogen-bond acceptors (Lipinski definition) is 2. The van der Waals surface area contributed by atoms with Crippen LogP contribution in [0, 0.1) is 0 Å². The van der Waals surface area contributed by atoms with Crippen molar-refractivity contribution in [3.63, 3.8) is 0 Å². The third-order valence-corrected chi connectivity index (χ3v) is 0. The third kappa shape index (κ3) is 98.6. The minimum absolute atomic E-state index is 0. The van der Waals surface area contributed by atoms with E-state index in [0.717, 1.165) is 0 Å². The molecule has 0 unspecified atom stereocenters. The molecule has 8 heavy (non-hydrogen) atoms. The summed E-state index contributed by atoms with van der Waals surface area (Å²) in [6.07, 6.45) is 0. The van der Waals surface area contributed by atoms with Gasteiger partial charge in [-0.2, -0.15) is 31.2 Å². The van der Waals surface area contributed by atoms with Crippen LogP contribution in [0.15, 0.2) is 0 Å². The van der Waals surface area contributed by atoms with Gasteiger partial charge in [0.1, 0.15) is 0 Å². The van der Waals surface area contributed by atoms with E-state index >= 15 is 0 Å². The molecule has 0 fully saturated rings. The Bertz CT molecular complexity index is 99.0. The normalized spacial score (nSPS) is 7.25. The zero-order valence-electron chi connectivity index (χ0n) is 5.12. The summed E-state index contributed by atoms with van der Waals surface area (Å²) in [5, 5.41) is 0. The van der Waals surface area contributed by atoms with Crippen molar-refractivity contribution >= 4 is 47.2 Å². The second-order valence-corrected chi connectivity index (χ2v) is 2.65. The Kier molecular flexibility index (Phi) is 25.3. The molecular weight excluding hydrogens is 199 g/mol. The molecule has 0 amide bonds. The first kappa shape index (κ1) is 22.5. The maximum absolute atomic E-state index is 9.11. The van der Waals surface area contributed by atoms with Crippen molar-refractivity contribution in [2.24, 2.45) is 0 Å². The van der Waals surface area contributed by atoms with Gasteiger partial charge >= 0.3 is 29.6 Å². The van der Waals surface area contributed by atoms with Crippen LogP contribution in [0.25, 0.3) is 0 Å². The minimum atomic E-state index is -3.83. The van der Waals surface area contributed by atoms with Crippen molar-refractivity contribution in [3.8, 4) is 0 Å². The van der Waals surface area contributed by atoms with Crippen LogP contribution in [0.1, 0.15) is 1.43 Å². The third-order valence-electron chi connectivity index (χ3n) is 0. The SMILES string of the molecule is O=S(O)(O)=S.S.S.[H-].[Na+]. The van der Waals surface area contributed by atoms with Crippen LogP contribution in [-0.4, -0.2) is 13.3 Å². The standard InChI is InChI=1S/Na.H2O3S2.2H2S.H/c;1-5(2,3)4;;;/h;(H2,1,2,3,4);2*1H2;/q+1;;;;-1. The monoisotopic (exact) mass is 206 g/mol. The van der Waals surface area contributed by atoms with Crippen LogP contribution in [0.4, 0.5) is 0 Å². The maximum atomic E-state index is 9.11. The molecule has 2 N–H and O–H groups in total. The van der Waals surface area contributed by atoms with Crippen molar-refractivity contribution in [3.05, 3.63) is 0 Å². The van der Waals surface area contributed by atoms with E-state index in [9.17, 15) is 0 Å². The second kappa shape index (κ2) is 8.99. The molecule has 0 bridgehead atoms. The molecule has 0 atom stereocenters. The van der Waals surface area contributed by atoms with Crippen LogP contribution >= 0.6 is 27.0 Å². The zero-order chi connectivity index (χ0) is 4.50. The molecule has 0 rings (SSSR count). The van der Waals surface area contributed by atoms with E-state index in [1.807, 2.05) is 0 Å². The molecule has 0 aliphatic heterocycles. The maximum Gasteiger partial charge on any atom is 1.00 e. The molecule has 8 heteroatoms. The van der Waals surface area contributed by atoms with Gasteiger partial charge in [0.15, 0.2) is 0 Å². The van der Waals surface area contributed by atoms with Crippen LogP contribution in [0.2, 0.25) is 0 Å². The predicted molar refractivity (Wildman–Crippen MR) is 42.6 cm³/mol. The first-order chi connectivity index (χ1) is 2.00. The first-order valence-electron chi connectivity index (χ1n) is 0.698. The summed E-state index contributed by atoms with van der Waals surface area (Å²) in [6.45, 7) is 0. The molecule has 0 radical (unpaired) electrons. The molecule has 0 spiro atoms. The van der Waals surface area contributed by atoms with Gasteiger partial charge in [-0.15, -0.1) is 0 Å². The molecule has 50 valence electrons. The van der Waals surface area contributed by atoms with Crippen molar-refractivity contribution in [1.82, 2.24) is 0 Å². The molecule has 0 aromatic carbocycles. The van der Waals surface area contributed by atoms with E-state index in [-0.39, 0.29) is 58.0 Å². The van der Waals surface area contributed by atoms with Gasteiger partial charge in [0.25, 0.3) is 9.05 Å². The van der Waals surface area contributed by atoms with E-state index in [2.05, 4.69) is 11.2 Å². The Morgan fingerprint density at radius 2 is 1.38 bits per heavy atom. The van der Waals surface area contributed by atoms with Crippen LogP contribution < -0.4 is 29.6 Å². The van der Waals surface area contributed by atoms with Crippen molar-refractivity contribution in [2.45, 2.75) is 0 Å². The number of hydrogen-bond donors (Lipinski definition) is 2. The Balaban J connectivity index is -0.0000000133. The van der Waals surface area contributed by atoms with Gasteiger partial charge in [-0.25, -0.2) is 0 Å². The van der Waals surface area contributed by atoms with Gasteiger partial charge in [-0.3, -0.25) is 9.11 Å². The van der Waals surface area contributed by atoms with E-state index in [1.165, 1.54) is 0 Å². The van der Waals surface area contributed by atoms with Gasteiger partial charge in [-0.05, 0) is 0 Å². The topological polar surface area (TPSA) is 57.5 Å². The smallest absolute Gasteiger partial charge is 1.00 e. The zero-order valence-corrected chi connectivity index (χ0v) is 9.75. The fourth-order valence-electron chi connectivity index (χ4n) is 0. The van der Waals surface area contributed by atoms with Gasteiger partial charge in [-0.1, -0.05) is 0 Å². The summed E-state index contributed by atoms with van der Waals surface area (Å²) in [4.78, 5) is 0. The average molecular weight is 206 g/mol. The molecule has 0 saturated carbocycles. The Morgan fingerprint density at radius 3 is 1.38 bits per heavy atom. The van der Waals surface area contributed by atoms with E-state index < -0.39 is 9.05 Å². The van der Waals surface area contributed by atoms with Crippen LogP contribution in [-0.2, 0) is 20.2 Å². The summed E-state index contributed by atoms with van der Waals surface area (Å²) in [5.41, 5.74) is 0. The Hall–Kier alpha value is 1.99. The quantitative estimate of drug-likeness (QED) is 0.415. The van der Waals surface area contributed by atoms with Gasteiger partial charge in [0, 0.05) is 11.2 Å². The largest absolute Gasteiger partial charge is 1.00 e. The van der Waals surface area contributed by atoms with E-state index in [4.69, 9.17) is 13.3 Å². The second-order valence-electron chi connectivity index (χ2n) is 0.448. The Labute approximate surface area is 90.6 Å². The van der Waals surface area contributed by atoms with Crippen molar-refractivity contribution < 1.29 is 44.3 Å². The van der Waals surface area contributed by atoms with E-state index in [0.29, 0.717) is 0 Å². The van der Waals surface area contributed by atoms with Crippen LogP contribution in [0.5, 0.6) is 0 Å². The summed E-state index contributed by atoms with van der Waals surface area (Å²) in [6, 6.07) is 0. The molecule has 3 nitrogen and oxygen atoms in total. The minimum Gasteiger partial charge on any atom is -1.00 e. The van der Waals surface area contributed by atoms with Crippen molar-refractivity contribution in [1.29, 1.82) is 0 Å². The molecule has 0 heterocycles. The summed E-state index contributed by atoms with van der Waals surface area (Å²) >= 11 is 3.47. The van der Waals surface area contributed by atoms with Gasteiger partial charge in [0.2, 0.25) is 0 Å². The van der Waals surface area contributed by atoms with Crippen molar-refractivity contribution in [2.75, 3.05) is 0 Å². The molecule has 0 aromatic heterocycles. The fourth-order valence-corrected chi connectivity index (χ4v) is 0. The average Bonchev–Trinajstić information content (AvgIpc) is 0.722. The summed E-state index contributed by atoms with van der Waals surface area (Å²) in [7, 11) is -3.83. The molecular formula is H7NaO3S4. The molecule has 0 aromatic rings. The first-order valence-corrected chi connectivity index (χ1v) is 3.10. The molecule has 0 aliphatic rings. The van der Waals surface area contributed by atoms with Gasteiger partial charge < -0.3 is 1.43 Å². The summed E-state index contributed by atoms with van der Waals surface area (Å²) < 4.78 is 24.0. The Morgan fingerprint density at radius 1 is 1.38 bits per heavy atom. The number of rotatable bonds is 0.